The molecule has 0 aromatic heterocycles. The molecule has 2 N–H and O–H groups in total. The van der Waals surface area contributed by atoms with Gasteiger partial charge < -0.3 is 15.3 Å². The number of amides is 2. The molecule has 2 rings (SSSR count). The minimum absolute atomic E-state index is 0.125. The highest BCUT2D eigenvalue weighted by molar-refractivity contribution is 5.74. The number of aryl methyl sites for hydroxylation is 1. The van der Waals surface area contributed by atoms with Crippen molar-refractivity contribution in [3.8, 4) is 0 Å². The molecule has 0 bridgehead atoms. The van der Waals surface area contributed by atoms with Crippen LogP contribution in [0.1, 0.15) is 43.7 Å². The fourth-order valence-corrected chi connectivity index (χ4v) is 3.06. The lowest BCUT2D eigenvalue weighted by Gasteiger charge is -2.28. The van der Waals surface area contributed by atoms with Gasteiger partial charge in [0.15, 0.2) is 0 Å². The minimum Gasteiger partial charge on any atom is -0.389 e. The Morgan fingerprint density at radius 3 is 2.86 bits per heavy atom. The van der Waals surface area contributed by atoms with Gasteiger partial charge in [0.2, 0.25) is 0 Å². The number of carbonyl (C=O) groups excluding carboxylic acids is 1. The largest absolute Gasteiger partial charge is 0.389 e. The summed E-state index contributed by atoms with van der Waals surface area (Å²) in [5, 5.41) is 12.8. The fraction of sp³-hybridized carbons (Fsp3) is 0.588. The van der Waals surface area contributed by atoms with Crippen LogP contribution in [0.15, 0.2) is 24.3 Å². The third-order valence-corrected chi connectivity index (χ3v) is 3.96. The average molecular weight is 290 g/mol. The molecule has 0 saturated carbocycles. The lowest BCUT2D eigenvalue weighted by Crippen LogP contribution is -2.45. The van der Waals surface area contributed by atoms with Crippen LogP contribution in [-0.2, 0) is 6.42 Å². The standard InChI is InChI=1S/C17H26N2O2/c1-17(2,21)12-19(3)16(20)18-11-14-9-6-8-13-7-4-5-10-15(13)14/h4-5,7,10,14,21H,6,8-9,11-12H2,1-3H3,(H,18,20). The third-order valence-electron chi connectivity index (χ3n) is 3.96. The Kier molecular flexibility index (Phi) is 4.88. The van der Waals surface area contributed by atoms with Gasteiger partial charge in [0, 0.05) is 19.5 Å². The zero-order valence-corrected chi connectivity index (χ0v) is 13.2. The predicted molar refractivity (Wildman–Crippen MR) is 84.4 cm³/mol. The van der Waals surface area contributed by atoms with E-state index in [1.165, 1.54) is 22.4 Å². The molecular weight excluding hydrogens is 264 g/mol. The van der Waals surface area contributed by atoms with Gasteiger partial charge >= 0.3 is 6.03 Å². The maximum atomic E-state index is 12.1. The number of benzene rings is 1. The number of urea groups is 1. The first kappa shape index (κ1) is 15.8. The molecule has 0 fully saturated rings. The monoisotopic (exact) mass is 290 g/mol. The van der Waals surface area contributed by atoms with E-state index >= 15 is 0 Å². The zero-order chi connectivity index (χ0) is 15.5. The molecule has 4 nitrogen and oxygen atoms in total. The van der Waals surface area contributed by atoms with Crippen LogP contribution in [0.2, 0.25) is 0 Å². The van der Waals surface area contributed by atoms with Crippen LogP contribution in [-0.4, -0.2) is 41.8 Å². The second-order valence-corrected chi connectivity index (χ2v) is 6.64. The topological polar surface area (TPSA) is 52.6 Å². The Morgan fingerprint density at radius 1 is 1.43 bits per heavy atom. The van der Waals surface area contributed by atoms with Crippen LogP contribution in [0.5, 0.6) is 0 Å². The Bertz CT molecular complexity index is 494. The lowest BCUT2D eigenvalue weighted by molar-refractivity contribution is 0.0531. The Hall–Kier alpha value is -1.55. The van der Waals surface area contributed by atoms with Crippen molar-refractivity contribution in [1.29, 1.82) is 0 Å². The number of nitrogens with zero attached hydrogens (tertiary/aromatic N) is 1. The molecule has 116 valence electrons. The molecule has 2 amide bonds. The van der Waals surface area contributed by atoms with E-state index in [4.69, 9.17) is 0 Å². The minimum atomic E-state index is -0.871. The Labute approximate surface area is 127 Å². The highest BCUT2D eigenvalue weighted by Gasteiger charge is 2.22. The van der Waals surface area contributed by atoms with Gasteiger partial charge in [-0.1, -0.05) is 24.3 Å². The molecular formula is C17H26N2O2. The normalized spacial score (nSPS) is 18.0. The summed E-state index contributed by atoms with van der Waals surface area (Å²) in [5.41, 5.74) is 1.91. The number of hydrogen-bond donors (Lipinski definition) is 2. The molecule has 1 aromatic carbocycles. The van der Waals surface area contributed by atoms with Crippen molar-refractivity contribution in [2.75, 3.05) is 20.1 Å². The molecule has 0 spiro atoms. The van der Waals surface area contributed by atoms with Gasteiger partial charge in [0.05, 0.1) is 12.1 Å². The first-order valence-electron chi connectivity index (χ1n) is 7.66. The van der Waals surface area contributed by atoms with Crippen molar-refractivity contribution >= 4 is 6.03 Å². The first-order valence-corrected chi connectivity index (χ1v) is 7.66. The van der Waals surface area contributed by atoms with E-state index < -0.39 is 5.60 Å². The van der Waals surface area contributed by atoms with Crippen molar-refractivity contribution in [2.24, 2.45) is 0 Å². The summed E-state index contributed by atoms with van der Waals surface area (Å²) in [5.74, 6) is 0.398. The summed E-state index contributed by atoms with van der Waals surface area (Å²) in [7, 11) is 1.71. The molecule has 1 aromatic rings. The number of nitrogens with one attached hydrogen (secondary N) is 1. The molecule has 0 radical (unpaired) electrons. The predicted octanol–water partition coefficient (Wildman–Crippen LogP) is 2.52. The second-order valence-electron chi connectivity index (χ2n) is 6.64. The SMILES string of the molecule is CN(CC(C)(C)O)C(=O)NCC1CCCc2ccccc21. The van der Waals surface area contributed by atoms with E-state index in [-0.39, 0.29) is 6.03 Å². The van der Waals surface area contributed by atoms with Crippen molar-refractivity contribution in [3.05, 3.63) is 35.4 Å². The molecule has 4 heteroatoms. The van der Waals surface area contributed by atoms with Crippen LogP contribution >= 0.6 is 0 Å². The van der Waals surface area contributed by atoms with Crippen LogP contribution in [0.3, 0.4) is 0 Å². The van der Waals surface area contributed by atoms with Gasteiger partial charge in [0.25, 0.3) is 0 Å². The van der Waals surface area contributed by atoms with Crippen LogP contribution in [0.25, 0.3) is 0 Å². The maximum absolute atomic E-state index is 12.1. The van der Waals surface area contributed by atoms with Crippen molar-refractivity contribution in [3.63, 3.8) is 0 Å². The molecule has 0 saturated heterocycles. The zero-order valence-electron chi connectivity index (χ0n) is 13.2. The number of rotatable bonds is 4. The van der Waals surface area contributed by atoms with E-state index in [1.54, 1.807) is 20.9 Å². The number of carbonyl (C=O) groups is 1. The quantitative estimate of drug-likeness (QED) is 0.895. The molecule has 21 heavy (non-hydrogen) atoms. The summed E-state index contributed by atoms with van der Waals surface area (Å²) >= 11 is 0. The number of hydrogen-bond acceptors (Lipinski definition) is 2. The summed E-state index contributed by atoms with van der Waals surface area (Å²) in [6.45, 7) is 4.38. The smallest absolute Gasteiger partial charge is 0.317 e. The van der Waals surface area contributed by atoms with E-state index in [9.17, 15) is 9.90 Å². The van der Waals surface area contributed by atoms with Gasteiger partial charge in [-0.2, -0.15) is 0 Å². The molecule has 0 aliphatic heterocycles. The van der Waals surface area contributed by atoms with Crippen molar-refractivity contribution in [1.82, 2.24) is 10.2 Å². The molecule has 1 atom stereocenters. The maximum Gasteiger partial charge on any atom is 0.317 e. The van der Waals surface area contributed by atoms with E-state index in [2.05, 4.69) is 29.6 Å². The first-order chi connectivity index (χ1) is 9.87. The Balaban J connectivity index is 1.91. The summed E-state index contributed by atoms with van der Waals surface area (Å²) in [6, 6.07) is 8.38. The van der Waals surface area contributed by atoms with E-state index in [0.717, 1.165) is 12.8 Å². The molecule has 1 unspecified atom stereocenters. The third kappa shape index (κ3) is 4.46. The van der Waals surface area contributed by atoms with Gasteiger partial charge in [-0.05, 0) is 44.2 Å². The number of fused-ring (bicyclic) bond motifs is 1. The summed E-state index contributed by atoms with van der Waals surface area (Å²) in [4.78, 5) is 13.6. The van der Waals surface area contributed by atoms with Crippen LogP contribution in [0.4, 0.5) is 4.79 Å². The lowest BCUT2D eigenvalue weighted by atomic mass is 9.83. The van der Waals surface area contributed by atoms with Crippen molar-refractivity contribution < 1.29 is 9.90 Å². The van der Waals surface area contributed by atoms with E-state index in [1.807, 2.05) is 0 Å². The van der Waals surface area contributed by atoms with Gasteiger partial charge in [-0.25, -0.2) is 4.79 Å². The second kappa shape index (κ2) is 6.48. The van der Waals surface area contributed by atoms with Crippen LogP contribution < -0.4 is 5.32 Å². The highest BCUT2D eigenvalue weighted by Crippen LogP contribution is 2.30. The number of likely N-dealkylation sites (N-methyl/N-ethyl adjacent to an activating group) is 1. The summed E-state index contributed by atoms with van der Waals surface area (Å²) < 4.78 is 0. The van der Waals surface area contributed by atoms with Gasteiger partial charge in [0.1, 0.15) is 0 Å². The Morgan fingerprint density at radius 2 is 2.14 bits per heavy atom. The number of aliphatic hydroxyl groups is 1. The van der Waals surface area contributed by atoms with Crippen molar-refractivity contribution in [2.45, 2.75) is 44.6 Å². The molecule has 1 aliphatic carbocycles. The van der Waals surface area contributed by atoms with Gasteiger partial charge in [-0.15, -0.1) is 0 Å². The highest BCUT2D eigenvalue weighted by atomic mass is 16.3. The summed E-state index contributed by atoms with van der Waals surface area (Å²) in [6.07, 6.45) is 3.43. The fourth-order valence-electron chi connectivity index (χ4n) is 3.06. The van der Waals surface area contributed by atoms with Gasteiger partial charge in [-0.3, -0.25) is 0 Å². The van der Waals surface area contributed by atoms with E-state index in [0.29, 0.717) is 19.0 Å². The molecule has 0 heterocycles. The van der Waals surface area contributed by atoms with Crippen LogP contribution in [0, 0.1) is 0 Å². The molecule has 1 aliphatic rings. The average Bonchev–Trinajstić information content (AvgIpc) is 2.42.